The first-order valence-corrected chi connectivity index (χ1v) is 5.70. The number of nitrogens with two attached hydrogens (primary N) is 1. The third-order valence-corrected chi connectivity index (χ3v) is 2.08. The summed E-state index contributed by atoms with van der Waals surface area (Å²) in [5.74, 6) is -0.174. The summed E-state index contributed by atoms with van der Waals surface area (Å²) in [6.07, 6.45) is 0.637. The molecule has 0 aliphatic rings. The van der Waals surface area contributed by atoms with E-state index in [0.29, 0.717) is 38.7 Å². The fraction of sp³-hybridized carbons (Fsp3) is 0.500. The Labute approximate surface area is 106 Å². The average Bonchev–Trinajstić information content (AvgIpc) is 2.37. The molecular formula is C12H18N2O4. The Morgan fingerprint density at radius 1 is 1.28 bits per heavy atom. The minimum absolute atomic E-state index is 0.218. The molecule has 0 aliphatic heterocycles. The summed E-state index contributed by atoms with van der Waals surface area (Å²) in [5.41, 5.74) is 5.69. The van der Waals surface area contributed by atoms with Gasteiger partial charge in [-0.3, -0.25) is 0 Å². The molecule has 0 saturated heterocycles. The number of nitrogens with zero attached hydrogens (tertiary/aromatic N) is 1. The van der Waals surface area contributed by atoms with Gasteiger partial charge in [-0.2, -0.15) is 0 Å². The van der Waals surface area contributed by atoms with Crippen molar-refractivity contribution < 1.29 is 19.0 Å². The lowest BCUT2D eigenvalue weighted by Gasteiger charge is -2.05. The quantitative estimate of drug-likeness (QED) is 0.547. The van der Waals surface area contributed by atoms with E-state index < -0.39 is 5.97 Å². The molecule has 0 spiro atoms. The summed E-state index contributed by atoms with van der Waals surface area (Å²) in [5, 5.41) is 0. The Kier molecular flexibility index (Phi) is 6.75. The van der Waals surface area contributed by atoms with E-state index in [4.69, 9.17) is 19.9 Å². The normalized spacial score (nSPS) is 10.3. The number of ether oxygens (including phenoxy) is 3. The molecule has 100 valence electrons. The Morgan fingerprint density at radius 2 is 2.11 bits per heavy atom. The predicted octanol–water partition coefficient (Wildman–Crippen LogP) is 0.874. The van der Waals surface area contributed by atoms with Gasteiger partial charge in [0.05, 0.1) is 19.8 Å². The van der Waals surface area contributed by atoms with Crippen LogP contribution in [0.3, 0.4) is 0 Å². The van der Waals surface area contributed by atoms with Gasteiger partial charge in [-0.1, -0.05) is 6.07 Å². The van der Waals surface area contributed by atoms with Gasteiger partial charge in [0.2, 0.25) is 0 Å². The Balaban J connectivity index is 2.14. The molecular weight excluding hydrogens is 236 g/mol. The van der Waals surface area contributed by atoms with Crippen LogP contribution in [0.15, 0.2) is 18.2 Å². The van der Waals surface area contributed by atoms with Crippen LogP contribution in [0.5, 0.6) is 0 Å². The zero-order valence-electron chi connectivity index (χ0n) is 10.4. The van der Waals surface area contributed by atoms with Crippen LogP contribution in [-0.2, 0) is 14.2 Å². The number of methoxy groups -OCH3 is 1. The topological polar surface area (TPSA) is 83.7 Å². The van der Waals surface area contributed by atoms with Crippen LogP contribution in [0.2, 0.25) is 0 Å². The molecule has 1 aromatic heterocycles. The molecule has 0 radical (unpaired) electrons. The lowest BCUT2D eigenvalue weighted by molar-refractivity contribution is 0.0380. The lowest BCUT2D eigenvalue weighted by Crippen LogP contribution is -2.11. The smallest absolute Gasteiger partial charge is 0.357 e. The highest BCUT2D eigenvalue weighted by Crippen LogP contribution is 2.02. The molecule has 6 nitrogen and oxygen atoms in total. The number of hydrogen-bond donors (Lipinski definition) is 1. The highest BCUT2D eigenvalue weighted by molar-refractivity contribution is 5.87. The van der Waals surface area contributed by atoms with E-state index in [9.17, 15) is 4.79 Å². The van der Waals surface area contributed by atoms with Gasteiger partial charge in [-0.05, 0) is 12.1 Å². The molecule has 1 rings (SSSR count). The molecule has 0 aliphatic carbocycles. The Hall–Kier alpha value is -1.66. The van der Waals surface area contributed by atoms with Crippen molar-refractivity contribution in [3.63, 3.8) is 0 Å². The zero-order valence-corrected chi connectivity index (χ0v) is 10.4. The number of carbonyl (C=O) groups excluding carboxylic acids is 1. The molecule has 0 amide bonds. The summed E-state index contributed by atoms with van der Waals surface area (Å²) < 4.78 is 15.1. The molecule has 18 heavy (non-hydrogen) atoms. The van der Waals surface area contributed by atoms with Crippen molar-refractivity contribution in [1.29, 1.82) is 0 Å². The van der Waals surface area contributed by atoms with Crippen LogP contribution < -0.4 is 5.73 Å². The van der Waals surface area contributed by atoms with Crippen LogP contribution in [0.1, 0.15) is 16.9 Å². The van der Waals surface area contributed by atoms with Crippen molar-refractivity contribution in [2.45, 2.75) is 6.42 Å². The van der Waals surface area contributed by atoms with Crippen molar-refractivity contribution in [1.82, 2.24) is 4.98 Å². The summed E-state index contributed by atoms with van der Waals surface area (Å²) in [4.78, 5) is 15.4. The van der Waals surface area contributed by atoms with Crippen molar-refractivity contribution in [3.05, 3.63) is 23.9 Å². The fourth-order valence-electron chi connectivity index (χ4n) is 1.21. The summed E-state index contributed by atoms with van der Waals surface area (Å²) in [6, 6.07) is 4.83. The van der Waals surface area contributed by atoms with Gasteiger partial charge in [0, 0.05) is 20.1 Å². The van der Waals surface area contributed by atoms with E-state index in [1.54, 1.807) is 25.3 Å². The first-order chi connectivity index (χ1) is 8.74. The molecule has 6 heteroatoms. The Bertz CT molecular complexity index is 371. The maximum atomic E-state index is 11.5. The molecule has 0 atom stereocenters. The van der Waals surface area contributed by atoms with Crippen LogP contribution in [0, 0.1) is 0 Å². The molecule has 0 bridgehead atoms. The minimum Gasteiger partial charge on any atom is -0.461 e. The van der Waals surface area contributed by atoms with Gasteiger partial charge in [-0.15, -0.1) is 0 Å². The first kappa shape index (κ1) is 14.4. The molecule has 2 N–H and O–H groups in total. The van der Waals surface area contributed by atoms with E-state index in [1.165, 1.54) is 0 Å². The van der Waals surface area contributed by atoms with Gasteiger partial charge < -0.3 is 19.9 Å². The van der Waals surface area contributed by atoms with E-state index in [0.717, 1.165) is 0 Å². The van der Waals surface area contributed by atoms with Gasteiger partial charge in [0.1, 0.15) is 5.82 Å². The standard InChI is InChI=1S/C12H18N2O4/c1-16-8-9-17-6-3-7-18-12(15)10-4-2-5-11(13)14-10/h2,4-5H,3,6-9H2,1H3,(H2,13,14). The number of rotatable bonds is 8. The van der Waals surface area contributed by atoms with Crippen molar-refractivity contribution in [2.24, 2.45) is 0 Å². The highest BCUT2D eigenvalue weighted by Gasteiger charge is 2.08. The molecule has 0 fully saturated rings. The van der Waals surface area contributed by atoms with Crippen LogP contribution >= 0.6 is 0 Å². The first-order valence-electron chi connectivity index (χ1n) is 5.70. The Morgan fingerprint density at radius 3 is 2.83 bits per heavy atom. The second-order valence-electron chi connectivity index (χ2n) is 3.54. The van der Waals surface area contributed by atoms with Gasteiger partial charge in [0.15, 0.2) is 5.69 Å². The number of aromatic nitrogens is 1. The fourth-order valence-corrected chi connectivity index (χ4v) is 1.21. The number of carbonyl (C=O) groups is 1. The molecule has 0 saturated carbocycles. The average molecular weight is 254 g/mol. The summed E-state index contributed by atoms with van der Waals surface area (Å²) in [7, 11) is 1.61. The van der Waals surface area contributed by atoms with E-state index in [2.05, 4.69) is 4.98 Å². The molecule has 1 aromatic rings. The number of esters is 1. The monoisotopic (exact) mass is 254 g/mol. The summed E-state index contributed by atoms with van der Waals surface area (Å²) in [6.45, 7) is 1.93. The number of anilines is 1. The van der Waals surface area contributed by atoms with Gasteiger partial charge in [-0.25, -0.2) is 9.78 Å². The molecule has 0 aromatic carbocycles. The van der Waals surface area contributed by atoms with Gasteiger partial charge >= 0.3 is 5.97 Å². The second kappa shape index (κ2) is 8.43. The minimum atomic E-state index is -0.473. The molecule has 1 heterocycles. The maximum Gasteiger partial charge on any atom is 0.357 e. The number of pyridine rings is 1. The van der Waals surface area contributed by atoms with Crippen LogP contribution in [0.25, 0.3) is 0 Å². The van der Waals surface area contributed by atoms with E-state index in [1.807, 2.05) is 0 Å². The number of nitrogen functional groups attached to an aromatic ring is 1. The number of hydrogen-bond acceptors (Lipinski definition) is 6. The molecule has 0 unspecified atom stereocenters. The third kappa shape index (κ3) is 5.60. The predicted molar refractivity (Wildman–Crippen MR) is 66.2 cm³/mol. The maximum absolute atomic E-state index is 11.5. The van der Waals surface area contributed by atoms with Gasteiger partial charge in [0.25, 0.3) is 0 Å². The van der Waals surface area contributed by atoms with Crippen molar-refractivity contribution in [3.8, 4) is 0 Å². The van der Waals surface area contributed by atoms with Crippen LogP contribution in [0.4, 0.5) is 5.82 Å². The highest BCUT2D eigenvalue weighted by atomic mass is 16.5. The lowest BCUT2D eigenvalue weighted by atomic mass is 10.3. The van der Waals surface area contributed by atoms with Crippen molar-refractivity contribution in [2.75, 3.05) is 39.3 Å². The zero-order chi connectivity index (χ0) is 13.2. The van der Waals surface area contributed by atoms with Crippen LogP contribution in [-0.4, -0.2) is 44.5 Å². The van der Waals surface area contributed by atoms with E-state index >= 15 is 0 Å². The summed E-state index contributed by atoms with van der Waals surface area (Å²) >= 11 is 0. The third-order valence-electron chi connectivity index (χ3n) is 2.08. The van der Waals surface area contributed by atoms with E-state index in [-0.39, 0.29) is 5.69 Å². The van der Waals surface area contributed by atoms with Crippen molar-refractivity contribution >= 4 is 11.8 Å². The largest absolute Gasteiger partial charge is 0.461 e. The SMILES string of the molecule is COCCOCCCOC(=O)c1cccc(N)n1. The second-order valence-corrected chi connectivity index (χ2v) is 3.54.